The lowest BCUT2D eigenvalue weighted by atomic mass is 9.92. The first-order valence-electron chi connectivity index (χ1n) is 11.4. The van der Waals surface area contributed by atoms with Crippen LogP contribution < -0.4 is 10.1 Å². The third-order valence-corrected chi connectivity index (χ3v) is 6.31. The number of fused-ring (bicyclic) bond motifs is 1. The van der Waals surface area contributed by atoms with Crippen LogP contribution in [0.15, 0.2) is 60.8 Å². The van der Waals surface area contributed by atoms with E-state index in [4.69, 9.17) is 4.74 Å². The SMILES string of the molecule is COc1cccc([C@@H]2c3cccn3CCN2C(=O)Nc2c(C(C)C)cccc2C(C)C)c1. The molecule has 0 aliphatic carbocycles. The highest BCUT2D eigenvalue weighted by molar-refractivity contribution is 5.92. The molecule has 32 heavy (non-hydrogen) atoms. The zero-order chi connectivity index (χ0) is 22.8. The highest BCUT2D eigenvalue weighted by atomic mass is 16.5. The number of benzene rings is 2. The Labute approximate surface area is 191 Å². The third kappa shape index (κ3) is 4.12. The number of carbonyl (C=O) groups is 1. The quantitative estimate of drug-likeness (QED) is 0.509. The standard InChI is InChI=1S/C27H33N3O2/c1-18(2)22-11-7-12-23(19(3)4)25(22)28-27(31)30-16-15-29-14-8-13-24(29)26(30)20-9-6-10-21(17-20)32-5/h6-14,17-19,26H,15-16H2,1-5H3,(H,28,31)/t26-/m1/s1. The van der Waals surface area contributed by atoms with Gasteiger partial charge in [-0.3, -0.25) is 0 Å². The summed E-state index contributed by atoms with van der Waals surface area (Å²) in [5, 5.41) is 3.31. The van der Waals surface area contributed by atoms with E-state index in [0.717, 1.165) is 29.2 Å². The number of para-hydroxylation sites is 1. The Morgan fingerprint density at radius 1 is 0.969 bits per heavy atom. The summed E-state index contributed by atoms with van der Waals surface area (Å²) >= 11 is 0. The molecule has 0 saturated heterocycles. The van der Waals surface area contributed by atoms with E-state index in [1.807, 2.05) is 23.1 Å². The number of rotatable bonds is 5. The molecule has 1 aliphatic heterocycles. The van der Waals surface area contributed by atoms with Crippen LogP contribution in [0.3, 0.4) is 0 Å². The van der Waals surface area contributed by atoms with Crippen molar-refractivity contribution in [3.8, 4) is 5.75 Å². The van der Waals surface area contributed by atoms with Crippen LogP contribution in [0, 0.1) is 0 Å². The summed E-state index contributed by atoms with van der Waals surface area (Å²) < 4.78 is 7.70. The van der Waals surface area contributed by atoms with Crippen molar-refractivity contribution in [2.75, 3.05) is 19.0 Å². The largest absolute Gasteiger partial charge is 0.497 e. The van der Waals surface area contributed by atoms with Crippen LogP contribution in [0.2, 0.25) is 0 Å². The Hall–Kier alpha value is -3.21. The first kappa shape index (κ1) is 22.0. The van der Waals surface area contributed by atoms with Crippen LogP contribution in [-0.2, 0) is 6.54 Å². The van der Waals surface area contributed by atoms with Crippen LogP contribution in [0.5, 0.6) is 5.75 Å². The Balaban J connectivity index is 1.73. The number of amides is 2. The Bertz CT molecular complexity index is 1070. The minimum Gasteiger partial charge on any atom is -0.497 e. The van der Waals surface area contributed by atoms with Crippen LogP contribution in [0.4, 0.5) is 10.5 Å². The summed E-state index contributed by atoms with van der Waals surface area (Å²) in [5.41, 5.74) is 5.44. The molecule has 2 amide bonds. The molecule has 1 N–H and O–H groups in total. The number of urea groups is 1. The van der Waals surface area contributed by atoms with Gasteiger partial charge in [0.1, 0.15) is 5.75 Å². The summed E-state index contributed by atoms with van der Waals surface area (Å²) in [7, 11) is 1.67. The molecule has 1 aliphatic rings. The first-order chi connectivity index (χ1) is 15.4. The highest BCUT2D eigenvalue weighted by Gasteiger charge is 2.33. The van der Waals surface area contributed by atoms with E-state index in [-0.39, 0.29) is 12.1 Å². The fraction of sp³-hybridized carbons (Fsp3) is 0.370. The number of nitrogens with zero attached hydrogens (tertiary/aromatic N) is 2. The number of methoxy groups -OCH3 is 1. The summed E-state index contributed by atoms with van der Waals surface area (Å²) in [4.78, 5) is 15.7. The van der Waals surface area contributed by atoms with Gasteiger partial charge in [0, 0.05) is 30.7 Å². The van der Waals surface area contributed by atoms with Crippen molar-refractivity contribution in [2.45, 2.75) is 52.1 Å². The molecule has 1 atom stereocenters. The van der Waals surface area contributed by atoms with Crippen molar-refractivity contribution in [3.63, 3.8) is 0 Å². The lowest BCUT2D eigenvalue weighted by molar-refractivity contribution is 0.181. The van der Waals surface area contributed by atoms with E-state index < -0.39 is 0 Å². The zero-order valence-electron chi connectivity index (χ0n) is 19.6. The fourth-order valence-corrected chi connectivity index (χ4v) is 4.64. The molecule has 5 heteroatoms. The van der Waals surface area contributed by atoms with Crippen molar-refractivity contribution in [2.24, 2.45) is 0 Å². The van der Waals surface area contributed by atoms with E-state index in [0.29, 0.717) is 18.4 Å². The smallest absolute Gasteiger partial charge is 0.322 e. The van der Waals surface area contributed by atoms with E-state index in [1.165, 1.54) is 11.1 Å². The van der Waals surface area contributed by atoms with Gasteiger partial charge in [-0.15, -0.1) is 0 Å². The Morgan fingerprint density at radius 3 is 2.31 bits per heavy atom. The van der Waals surface area contributed by atoms with Gasteiger partial charge >= 0.3 is 6.03 Å². The number of nitrogens with one attached hydrogen (secondary N) is 1. The molecule has 0 bridgehead atoms. The number of ether oxygens (including phenoxy) is 1. The minimum absolute atomic E-state index is 0.0692. The normalized spacial score (nSPS) is 15.7. The summed E-state index contributed by atoms with van der Waals surface area (Å²) in [6.07, 6.45) is 2.09. The molecule has 0 fully saturated rings. The molecule has 0 unspecified atom stereocenters. The predicted molar refractivity (Wildman–Crippen MR) is 130 cm³/mol. The van der Waals surface area contributed by atoms with Crippen molar-refractivity contribution in [1.82, 2.24) is 9.47 Å². The average Bonchev–Trinajstić information content (AvgIpc) is 3.27. The molecular weight excluding hydrogens is 398 g/mol. The van der Waals surface area contributed by atoms with Crippen LogP contribution in [0.25, 0.3) is 0 Å². The van der Waals surface area contributed by atoms with E-state index >= 15 is 0 Å². The van der Waals surface area contributed by atoms with Crippen molar-refractivity contribution in [1.29, 1.82) is 0 Å². The van der Waals surface area contributed by atoms with Gasteiger partial charge in [-0.2, -0.15) is 0 Å². The maximum atomic E-state index is 13.8. The van der Waals surface area contributed by atoms with Crippen LogP contribution >= 0.6 is 0 Å². The van der Waals surface area contributed by atoms with Gasteiger partial charge in [-0.05, 0) is 52.8 Å². The zero-order valence-corrected chi connectivity index (χ0v) is 19.6. The molecule has 5 nitrogen and oxygen atoms in total. The van der Waals surface area contributed by atoms with Gasteiger partial charge in [0.2, 0.25) is 0 Å². The van der Waals surface area contributed by atoms with Gasteiger partial charge in [-0.1, -0.05) is 58.0 Å². The molecule has 4 rings (SSSR count). The Kier molecular flexibility index (Phi) is 6.26. The molecule has 0 saturated carbocycles. The van der Waals surface area contributed by atoms with Gasteiger partial charge < -0.3 is 19.5 Å². The molecular formula is C27H33N3O2. The van der Waals surface area contributed by atoms with Crippen molar-refractivity contribution < 1.29 is 9.53 Å². The van der Waals surface area contributed by atoms with Crippen LogP contribution in [0.1, 0.15) is 68.0 Å². The molecule has 2 heterocycles. The monoisotopic (exact) mass is 431 g/mol. The summed E-state index contributed by atoms with van der Waals surface area (Å²) in [6.45, 7) is 10.1. The second-order valence-corrected chi connectivity index (χ2v) is 9.05. The second-order valence-electron chi connectivity index (χ2n) is 9.05. The van der Waals surface area contributed by atoms with Gasteiger partial charge in [0.05, 0.1) is 13.2 Å². The van der Waals surface area contributed by atoms with E-state index in [9.17, 15) is 4.79 Å². The van der Waals surface area contributed by atoms with Crippen molar-refractivity contribution in [3.05, 3.63) is 83.2 Å². The topological polar surface area (TPSA) is 46.5 Å². The van der Waals surface area contributed by atoms with Gasteiger partial charge in [0.25, 0.3) is 0 Å². The molecule has 1 aromatic heterocycles. The molecule has 0 radical (unpaired) electrons. The number of carbonyl (C=O) groups excluding carboxylic acids is 1. The predicted octanol–water partition coefficient (Wildman–Crippen LogP) is 6.38. The van der Waals surface area contributed by atoms with E-state index in [2.05, 4.69) is 80.2 Å². The second kappa shape index (κ2) is 9.11. The third-order valence-electron chi connectivity index (χ3n) is 6.31. The number of hydrogen-bond donors (Lipinski definition) is 1. The maximum absolute atomic E-state index is 13.8. The maximum Gasteiger partial charge on any atom is 0.322 e. The summed E-state index contributed by atoms with van der Waals surface area (Å²) in [5.74, 6) is 1.42. The number of anilines is 1. The lowest BCUT2D eigenvalue weighted by Gasteiger charge is -2.38. The van der Waals surface area contributed by atoms with E-state index in [1.54, 1.807) is 7.11 Å². The lowest BCUT2D eigenvalue weighted by Crippen LogP contribution is -2.44. The minimum atomic E-state index is -0.178. The molecule has 3 aromatic rings. The molecule has 2 aromatic carbocycles. The number of aromatic nitrogens is 1. The van der Waals surface area contributed by atoms with Gasteiger partial charge in [0.15, 0.2) is 0 Å². The first-order valence-corrected chi connectivity index (χ1v) is 11.4. The van der Waals surface area contributed by atoms with Crippen LogP contribution in [-0.4, -0.2) is 29.2 Å². The molecule has 168 valence electrons. The van der Waals surface area contributed by atoms with Gasteiger partial charge in [-0.25, -0.2) is 4.79 Å². The fourth-order valence-electron chi connectivity index (χ4n) is 4.64. The molecule has 0 spiro atoms. The highest BCUT2D eigenvalue weighted by Crippen LogP contribution is 2.36. The van der Waals surface area contributed by atoms with Crippen molar-refractivity contribution >= 4 is 11.7 Å². The number of hydrogen-bond acceptors (Lipinski definition) is 2. The Morgan fingerprint density at radius 2 is 1.66 bits per heavy atom. The average molecular weight is 432 g/mol. The summed E-state index contributed by atoms with van der Waals surface area (Å²) in [6, 6.07) is 18.2.